The third-order valence-corrected chi connectivity index (χ3v) is 3.74. The summed E-state index contributed by atoms with van der Waals surface area (Å²) in [5.74, 6) is -0.169. The summed E-state index contributed by atoms with van der Waals surface area (Å²) >= 11 is 0. The predicted octanol–water partition coefficient (Wildman–Crippen LogP) is 3.33. The van der Waals surface area contributed by atoms with Crippen LogP contribution in [0.3, 0.4) is 0 Å². The monoisotopic (exact) mass is 332 g/mol. The predicted molar refractivity (Wildman–Crippen MR) is 98.1 cm³/mol. The molecule has 0 unspecified atom stereocenters. The van der Waals surface area contributed by atoms with Crippen LogP contribution in [0.1, 0.15) is 27.2 Å². The lowest BCUT2D eigenvalue weighted by Crippen LogP contribution is -2.23. The second-order valence-electron chi connectivity index (χ2n) is 5.81. The Morgan fingerprint density at radius 1 is 1.04 bits per heavy atom. The van der Waals surface area contributed by atoms with Crippen molar-refractivity contribution in [1.29, 1.82) is 0 Å². The van der Waals surface area contributed by atoms with Gasteiger partial charge in [0.05, 0.1) is 23.5 Å². The lowest BCUT2D eigenvalue weighted by molar-refractivity contribution is 0.0950. The van der Waals surface area contributed by atoms with Gasteiger partial charge >= 0.3 is 0 Å². The van der Waals surface area contributed by atoms with Crippen LogP contribution in [-0.4, -0.2) is 15.9 Å². The molecule has 2 aromatic heterocycles. The van der Waals surface area contributed by atoms with E-state index >= 15 is 0 Å². The molecule has 0 bridgehead atoms. The van der Waals surface area contributed by atoms with Crippen LogP contribution in [0.4, 0.5) is 5.69 Å². The number of pyridine rings is 2. The SMILES string of the molecule is Cc1cccc(CNc2cncc(C(=O)NCc3ccccn3)c2)c1. The molecule has 0 aliphatic rings. The largest absolute Gasteiger partial charge is 0.380 e. The van der Waals surface area contributed by atoms with Crippen LogP contribution in [0.5, 0.6) is 0 Å². The normalized spacial score (nSPS) is 10.3. The van der Waals surface area contributed by atoms with Gasteiger partial charge in [0.15, 0.2) is 0 Å². The minimum Gasteiger partial charge on any atom is -0.380 e. The number of amides is 1. The molecule has 126 valence electrons. The number of carbonyl (C=O) groups is 1. The molecule has 1 aromatic carbocycles. The van der Waals surface area contributed by atoms with Crippen molar-refractivity contribution in [3.8, 4) is 0 Å². The maximum atomic E-state index is 12.3. The molecular formula is C20H20N4O. The lowest BCUT2D eigenvalue weighted by atomic mass is 10.1. The average molecular weight is 332 g/mol. The van der Waals surface area contributed by atoms with Gasteiger partial charge in [0, 0.05) is 25.1 Å². The van der Waals surface area contributed by atoms with Gasteiger partial charge < -0.3 is 10.6 Å². The first-order chi connectivity index (χ1) is 12.2. The zero-order chi connectivity index (χ0) is 17.5. The number of carbonyl (C=O) groups excluding carboxylic acids is 1. The van der Waals surface area contributed by atoms with E-state index in [1.165, 1.54) is 11.1 Å². The number of hydrogen-bond donors (Lipinski definition) is 2. The molecule has 0 saturated heterocycles. The Morgan fingerprint density at radius 2 is 1.96 bits per heavy atom. The van der Waals surface area contributed by atoms with Gasteiger partial charge in [-0.3, -0.25) is 14.8 Å². The van der Waals surface area contributed by atoms with Crippen LogP contribution in [0.25, 0.3) is 0 Å². The molecule has 3 rings (SSSR count). The minimum atomic E-state index is -0.169. The van der Waals surface area contributed by atoms with Crippen LogP contribution in [-0.2, 0) is 13.1 Å². The molecule has 2 N–H and O–H groups in total. The average Bonchev–Trinajstić information content (AvgIpc) is 2.65. The van der Waals surface area contributed by atoms with Gasteiger partial charge in [0.2, 0.25) is 0 Å². The highest BCUT2D eigenvalue weighted by atomic mass is 16.1. The van der Waals surface area contributed by atoms with Gasteiger partial charge in [-0.25, -0.2) is 0 Å². The molecule has 0 fully saturated rings. The fourth-order valence-electron chi connectivity index (χ4n) is 2.46. The van der Waals surface area contributed by atoms with E-state index in [4.69, 9.17) is 0 Å². The van der Waals surface area contributed by atoms with Crippen molar-refractivity contribution < 1.29 is 4.79 Å². The minimum absolute atomic E-state index is 0.169. The molecule has 3 aromatic rings. The third kappa shape index (κ3) is 4.88. The number of nitrogens with one attached hydrogen (secondary N) is 2. The van der Waals surface area contributed by atoms with Gasteiger partial charge in [0.25, 0.3) is 5.91 Å². The van der Waals surface area contributed by atoms with Crippen molar-refractivity contribution in [3.05, 3.63) is 89.5 Å². The fraction of sp³-hybridized carbons (Fsp3) is 0.150. The van der Waals surface area contributed by atoms with E-state index in [-0.39, 0.29) is 5.91 Å². The van der Waals surface area contributed by atoms with Crippen LogP contribution < -0.4 is 10.6 Å². The van der Waals surface area contributed by atoms with Gasteiger partial charge in [-0.05, 0) is 30.7 Å². The van der Waals surface area contributed by atoms with E-state index in [1.807, 2.05) is 24.3 Å². The summed E-state index contributed by atoms with van der Waals surface area (Å²) in [4.78, 5) is 20.6. The zero-order valence-electron chi connectivity index (χ0n) is 14.1. The van der Waals surface area contributed by atoms with E-state index < -0.39 is 0 Å². The first-order valence-corrected chi connectivity index (χ1v) is 8.13. The Balaban J connectivity index is 1.59. The first kappa shape index (κ1) is 16.6. The van der Waals surface area contributed by atoms with Crippen LogP contribution >= 0.6 is 0 Å². The van der Waals surface area contributed by atoms with Crippen LogP contribution in [0, 0.1) is 6.92 Å². The summed E-state index contributed by atoms with van der Waals surface area (Å²) in [5.41, 5.74) is 4.56. The molecule has 0 aliphatic heterocycles. The molecule has 5 heteroatoms. The Kier molecular flexibility index (Phi) is 5.36. The fourth-order valence-corrected chi connectivity index (χ4v) is 2.46. The number of benzene rings is 1. The molecule has 1 amide bonds. The summed E-state index contributed by atoms with van der Waals surface area (Å²) in [6, 6.07) is 15.7. The van der Waals surface area contributed by atoms with E-state index in [1.54, 1.807) is 24.7 Å². The highest BCUT2D eigenvalue weighted by molar-refractivity contribution is 5.94. The summed E-state index contributed by atoms with van der Waals surface area (Å²) in [7, 11) is 0. The molecule has 0 atom stereocenters. The molecule has 0 spiro atoms. The smallest absolute Gasteiger partial charge is 0.253 e. The van der Waals surface area contributed by atoms with Crippen molar-refractivity contribution >= 4 is 11.6 Å². The summed E-state index contributed by atoms with van der Waals surface area (Å²) in [6.45, 7) is 3.14. The van der Waals surface area contributed by atoms with E-state index in [0.717, 1.165) is 11.4 Å². The number of nitrogens with zero attached hydrogens (tertiary/aromatic N) is 2. The van der Waals surface area contributed by atoms with Gasteiger partial charge in [0.1, 0.15) is 0 Å². The van der Waals surface area contributed by atoms with Crippen molar-refractivity contribution in [2.75, 3.05) is 5.32 Å². The maximum Gasteiger partial charge on any atom is 0.253 e. The van der Waals surface area contributed by atoms with Crippen molar-refractivity contribution in [2.45, 2.75) is 20.0 Å². The summed E-state index contributed by atoms with van der Waals surface area (Å²) in [6.07, 6.45) is 4.98. The number of aromatic nitrogens is 2. The number of aryl methyl sites for hydroxylation is 1. The van der Waals surface area contributed by atoms with Crippen molar-refractivity contribution in [1.82, 2.24) is 15.3 Å². The Morgan fingerprint density at radius 3 is 2.76 bits per heavy atom. The third-order valence-electron chi connectivity index (χ3n) is 3.74. The molecule has 25 heavy (non-hydrogen) atoms. The number of rotatable bonds is 6. The standard InChI is InChI=1S/C20H20N4O/c1-15-5-4-6-16(9-15)11-23-19-10-17(12-21-13-19)20(25)24-14-18-7-2-3-8-22-18/h2-10,12-13,23H,11,14H2,1H3,(H,24,25). The zero-order valence-corrected chi connectivity index (χ0v) is 14.1. The first-order valence-electron chi connectivity index (χ1n) is 8.13. The van der Waals surface area contributed by atoms with Gasteiger partial charge in [-0.2, -0.15) is 0 Å². The molecule has 2 heterocycles. The molecule has 5 nitrogen and oxygen atoms in total. The Hall–Kier alpha value is -3.21. The van der Waals surface area contributed by atoms with E-state index in [9.17, 15) is 4.79 Å². The van der Waals surface area contributed by atoms with Crippen LogP contribution in [0.15, 0.2) is 67.1 Å². The van der Waals surface area contributed by atoms with Crippen molar-refractivity contribution in [2.24, 2.45) is 0 Å². The van der Waals surface area contributed by atoms with Crippen LogP contribution in [0.2, 0.25) is 0 Å². The molecule has 0 aliphatic carbocycles. The van der Waals surface area contributed by atoms with Gasteiger partial charge in [-0.1, -0.05) is 35.9 Å². The second kappa shape index (κ2) is 8.06. The Labute approximate surface area is 147 Å². The quantitative estimate of drug-likeness (QED) is 0.726. The highest BCUT2D eigenvalue weighted by Crippen LogP contribution is 2.11. The Bertz CT molecular complexity index is 849. The molecule has 0 saturated carbocycles. The second-order valence-corrected chi connectivity index (χ2v) is 5.81. The van der Waals surface area contributed by atoms with Crippen molar-refractivity contribution in [3.63, 3.8) is 0 Å². The molecule has 0 radical (unpaired) electrons. The number of anilines is 1. The van der Waals surface area contributed by atoms with E-state index in [0.29, 0.717) is 18.7 Å². The number of hydrogen-bond acceptors (Lipinski definition) is 4. The van der Waals surface area contributed by atoms with E-state index in [2.05, 4.69) is 45.7 Å². The highest BCUT2D eigenvalue weighted by Gasteiger charge is 2.07. The topological polar surface area (TPSA) is 66.9 Å². The maximum absolute atomic E-state index is 12.3. The molecular weight excluding hydrogens is 312 g/mol. The summed E-state index contributed by atoms with van der Waals surface area (Å²) < 4.78 is 0. The summed E-state index contributed by atoms with van der Waals surface area (Å²) in [5, 5.41) is 6.16. The van der Waals surface area contributed by atoms with Gasteiger partial charge in [-0.15, -0.1) is 0 Å². The lowest BCUT2D eigenvalue weighted by Gasteiger charge is -2.09.